The lowest BCUT2D eigenvalue weighted by Crippen LogP contribution is -2.46. The number of ether oxygens (including phenoxy) is 5. The zero-order chi connectivity index (χ0) is 33.2. The number of hydrogen-bond donors (Lipinski definition) is 4. The van der Waals surface area contributed by atoms with Crippen LogP contribution in [0.15, 0.2) is 47.5 Å². The number of nitrogens with one attached hydrogen (secondary N) is 3. The fraction of sp³-hybridized carbons (Fsp3) is 0.433. The summed E-state index contributed by atoms with van der Waals surface area (Å²) >= 11 is 0. The van der Waals surface area contributed by atoms with Gasteiger partial charge in [-0.15, -0.1) is 0 Å². The largest absolute Gasteiger partial charge is 0.463 e. The first-order chi connectivity index (χ1) is 21.3. The van der Waals surface area contributed by atoms with Crippen molar-refractivity contribution in [3.8, 4) is 6.07 Å². The maximum atomic E-state index is 13.0. The molecule has 3 rings (SSSR count). The van der Waals surface area contributed by atoms with Gasteiger partial charge in [0.2, 0.25) is 6.79 Å². The van der Waals surface area contributed by atoms with E-state index >= 15 is 0 Å². The average Bonchev–Trinajstić information content (AvgIpc) is 3.61. The fourth-order valence-electron chi connectivity index (χ4n) is 4.23. The number of H-pyrrole nitrogens is 1. The number of carbonyl (C=O) groups excluding carboxylic acids is 4. The minimum atomic E-state index is -1.71. The first-order valence-corrected chi connectivity index (χ1v) is 13.9. The van der Waals surface area contributed by atoms with Crippen molar-refractivity contribution in [1.82, 2.24) is 10.3 Å². The number of rotatable bonds is 11. The maximum Gasteiger partial charge on any atom is 0.415 e. The van der Waals surface area contributed by atoms with Gasteiger partial charge >= 0.3 is 24.0 Å². The summed E-state index contributed by atoms with van der Waals surface area (Å²) < 4.78 is 26.7. The zero-order valence-corrected chi connectivity index (χ0v) is 25.3. The highest BCUT2D eigenvalue weighted by atomic mass is 16.7. The molecule has 15 nitrogen and oxygen atoms in total. The molecule has 2 aromatic rings. The number of alkyl carbamates (subject to hydrolysis) is 1. The number of nitrogens with zero attached hydrogens (tertiary/aromatic N) is 2. The highest BCUT2D eigenvalue weighted by Gasteiger charge is 2.52. The SMILES string of the molecule is CC(=O)OCOC(=O)NC(=NC=N)c1ccc([C@@]2(C#N)C[C@H](OC(=O)[C@@H](N)C(C)(C)C)[C@@H](COC(=O)Cc3ccccc3)O2)[nH]1. The Balaban J connectivity index is 1.82. The average molecular weight is 625 g/mol. The van der Waals surface area contributed by atoms with Gasteiger partial charge in [-0.25, -0.2) is 9.79 Å². The molecule has 5 N–H and O–H groups in total. The van der Waals surface area contributed by atoms with Gasteiger partial charge < -0.3 is 34.4 Å². The molecular formula is C30H36N6O9. The number of amidine groups is 1. The van der Waals surface area contributed by atoms with Crippen LogP contribution in [0.3, 0.4) is 0 Å². The van der Waals surface area contributed by atoms with Crippen LogP contribution in [0.4, 0.5) is 4.79 Å². The van der Waals surface area contributed by atoms with E-state index in [0.717, 1.165) is 12.5 Å². The van der Waals surface area contributed by atoms with Crippen LogP contribution in [0.2, 0.25) is 0 Å². The van der Waals surface area contributed by atoms with Crippen LogP contribution in [-0.4, -0.2) is 72.8 Å². The summed E-state index contributed by atoms with van der Waals surface area (Å²) in [4.78, 5) is 55.4. The minimum absolute atomic E-state index is 0.00172. The molecule has 240 valence electrons. The van der Waals surface area contributed by atoms with Crippen molar-refractivity contribution in [2.45, 2.75) is 64.4 Å². The van der Waals surface area contributed by atoms with Gasteiger partial charge in [-0.05, 0) is 23.1 Å². The molecule has 1 aliphatic rings. The van der Waals surface area contributed by atoms with Crippen LogP contribution in [0.25, 0.3) is 0 Å². The van der Waals surface area contributed by atoms with Crippen LogP contribution in [0, 0.1) is 22.2 Å². The molecule has 0 aliphatic carbocycles. The van der Waals surface area contributed by atoms with Gasteiger partial charge in [0.15, 0.2) is 11.4 Å². The van der Waals surface area contributed by atoms with Crippen LogP contribution < -0.4 is 11.1 Å². The topological polar surface area (TPSA) is 228 Å². The summed E-state index contributed by atoms with van der Waals surface area (Å²) in [5, 5.41) is 20.0. The Labute approximate surface area is 259 Å². The Morgan fingerprint density at radius 1 is 1.20 bits per heavy atom. The Bertz CT molecular complexity index is 1460. The third-order valence-corrected chi connectivity index (χ3v) is 6.73. The molecule has 0 unspecified atom stereocenters. The summed E-state index contributed by atoms with van der Waals surface area (Å²) in [5.41, 5.74) is 4.89. The third-order valence-electron chi connectivity index (χ3n) is 6.73. The molecule has 1 fully saturated rings. The van der Waals surface area contributed by atoms with Crippen LogP contribution in [0.5, 0.6) is 0 Å². The molecule has 45 heavy (non-hydrogen) atoms. The van der Waals surface area contributed by atoms with Crippen molar-refractivity contribution in [2.75, 3.05) is 13.4 Å². The minimum Gasteiger partial charge on any atom is -0.463 e. The molecule has 4 atom stereocenters. The highest BCUT2D eigenvalue weighted by molar-refractivity contribution is 6.07. The summed E-state index contributed by atoms with van der Waals surface area (Å²) in [6, 6.07) is 13.1. The number of esters is 3. The number of hydrogen-bond acceptors (Lipinski definition) is 12. The predicted octanol–water partition coefficient (Wildman–Crippen LogP) is 2.19. The lowest BCUT2D eigenvalue weighted by Gasteiger charge is -2.27. The molecule has 0 saturated carbocycles. The van der Waals surface area contributed by atoms with E-state index in [0.29, 0.717) is 6.34 Å². The number of amides is 1. The van der Waals surface area contributed by atoms with Crippen molar-refractivity contribution >= 4 is 36.2 Å². The second kappa shape index (κ2) is 15.1. The van der Waals surface area contributed by atoms with Crippen LogP contribution in [0.1, 0.15) is 51.1 Å². The van der Waals surface area contributed by atoms with E-state index in [2.05, 4.69) is 26.1 Å². The van der Waals surface area contributed by atoms with Crippen molar-refractivity contribution in [1.29, 1.82) is 10.7 Å². The number of nitrogens with two attached hydrogens (primary N) is 1. The molecule has 0 spiro atoms. The van der Waals surface area contributed by atoms with Crippen molar-refractivity contribution < 1.29 is 42.9 Å². The highest BCUT2D eigenvalue weighted by Crippen LogP contribution is 2.40. The second-order valence-electron chi connectivity index (χ2n) is 11.2. The number of benzene rings is 1. The summed E-state index contributed by atoms with van der Waals surface area (Å²) in [6.07, 6.45) is -2.56. The Kier molecular flexibility index (Phi) is 11.5. The molecule has 0 radical (unpaired) electrons. The molecule has 1 aliphatic heterocycles. The quantitative estimate of drug-likeness (QED) is 0.0931. The van der Waals surface area contributed by atoms with Crippen LogP contribution >= 0.6 is 0 Å². The van der Waals surface area contributed by atoms with Crippen molar-refractivity contribution in [3.63, 3.8) is 0 Å². The molecule has 15 heteroatoms. The first kappa shape index (κ1) is 34.4. The first-order valence-electron chi connectivity index (χ1n) is 13.9. The van der Waals surface area contributed by atoms with E-state index in [9.17, 15) is 24.4 Å². The van der Waals surface area contributed by atoms with E-state index in [-0.39, 0.29) is 36.7 Å². The number of aliphatic imine (C=N–C) groups is 1. The number of carbonyl (C=O) groups is 4. The molecule has 2 heterocycles. The third kappa shape index (κ3) is 9.46. The summed E-state index contributed by atoms with van der Waals surface area (Å²) in [6.45, 7) is 5.52. The Hall–Kier alpha value is -5.07. The van der Waals surface area contributed by atoms with E-state index in [1.165, 1.54) is 12.1 Å². The second-order valence-corrected chi connectivity index (χ2v) is 11.2. The molecule has 1 saturated heterocycles. The number of nitriles is 1. The lowest BCUT2D eigenvalue weighted by molar-refractivity contribution is -0.161. The lowest BCUT2D eigenvalue weighted by atomic mass is 9.87. The van der Waals surface area contributed by atoms with Gasteiger partial charge in [0, 0.05) is 13.3 Å². The Morgan fingerprint density at radius 3 is 2.53 bits per heavy atom. The predicted molar refractivity (Wildman–Crippen MR) is 158 cm³/mol. The van der Waals surface area contributed by atoms with Crippen molar-refractivity contribution in [3.05, 3.63) is 59.4 Å². The molecule has 1 aromatic carbocycles. The van der Waals surface area contributed by atoms with E-state index in [1.54, 1.807) is 45.0 Å². The van der Waals surface area contributed by atoms with Gasteiger partial charge in [0.05, 0.1) is 17.8 Å². The summed E-state index contributed by atoms with van der Waals surface area (Å²) in [7, 11) is 0. The molecule has 0 bridgehead atoms. The van der Waals surface area contributed by atoms with E-state index < -0.39 is 60.1 Å². The standard InChI is InChI=1S/C30H36N6O9/c1-18(37)42-17-43-28(40)36-26(34-16-32)20-10-11-23(35-20)30(15-31)13-21(44-27(39)25(33)29(2,3)4)22(45-30)14-41-24(38)12-19-8-6-5-7-9-19/h5-11,16,21-22,25,35H,12-14,17,33H2,1-4H3,(H2,32,34,36,40)/t21-,22+,25+,30-/m0/s1. The fourth-order valence-corrected chi connectivity index (χ4v) is 4.23. The summed E-state index contributed by atoms with van der Waals surface area (Å²) in [5.74, 6) is -2.07. The van der Waals surface area contributed by atoms with Gasteiger partial charge in [0.1, 0.15) is 37.3 Å². The van der Waals surface area contributed by atoms with E-state index in [4.69, 9.17) is 30.1 Å². The normalized spacial score (nSPS) is 20.3. The van der Waals surface area contributed by atoms with Gasteiger partial charge in [-0.1, -0.05) is 51.1 Å². The maximum absolute atomic E-state index is 13.0. The molecule has 1 aromatic heterocycles. The van der Waals surface area contributed by atoms with Crippen LogP contribution in [-0.2, 0) is 50.1 Å². The van der Waals surface area contributed by atoms with E-state index in [1.807, 2.05) is 6.07 Å². The smallest absolute Gasteiger partial charge is 0.415 e. The Morgan fingerprint density at radius 2 is 1.91 bits per heavy atom. The van der Waals surface area contributed by atoms with Crippen molar-refractivity contribution in [2.24, 2.45) is 16.1 Å². The van der Waals surface area contributed by atoms with Gasteiger partial charge in [-0.2, -0.15) is 5.26 Å². The molecule has 1 amide bonds. The number of aromatic amines is 1. The molecular weight excluding hydrogens is 588 g/mol. The zero-order valence-electron chi connectivity index (χ0n) is 25.3. The van der Waals surface area contributed by atoms with Gasteiger partial charge in [0.25, 0.3) is 0 Å². The van der Waals surface area contributed by atoms with Gasteiger partial charge in [-0.3, -0.25) is 25.1 Å². The number of aromatic nitrogens is 1. The monoisotopic (exact) mass is 624 g/mol.